The first-order chi connectivity index (χ1) is 15.5. The van der Waals surface area contributed by atoms with Crippen LogP contribution in [0.1, 0.15) is 28.8 Å². The topological polar surface area (TPSA) is 57.7 Å². The number of piperidine rings is 1. The number of para-hydroxylation sites is 1. The molecule has 0 bridgehead atoms. The highest BCUT2D eigenvalue weighted by molar-refractivity contribution is 7.92. The monoisotopic (exact) mass is 448 g/mol. The van der Waals surface area contributed by atoms with E-state index in [1.807, 2.05) is 11.0 Å². The molecule has 1 amide bonds. The van der Waals surface area contributed by atoms with E-state index >= 15 is 0 Å². The zero-order valence-corrected chi connectivity index (χ0v) is 19.0. The fourth-order valence-corrected chi connectivity index (χ4v) is 5.50. The van der Waals surface area contributed by atoms with Gasteiger partial charge in [-0.05, 0) is 55.0 Å². The van der Waals surface area contributed by atoms with Gasteiger partial charge >= 0.3 is 0 Å². The summed E-state index contributed by atoms with van der Waals surface area (Å²) in [5.74, 6) is 0.437. The summed E-state index contributed by atoms with van der Waals surface area (Å²) in [5.41, 5.74) is 2.14. The van der Waals surface area contributed by atoms with E-state index in [1.54, 1.807) is 54.6 Å². The second-order valence-electron chi connectivity index (χ2n) is 8.23. The molecule has 0 saturated carbocycles. The number of anilines is 1. The van der Waals surface area contributed by atoms with Gasteiger partial charge in [-0.3, -0.25) is 9.10 Å². The smallest absolute Gasteiger partial charge is 0.264 e. The van der Waals surface area contributed by atoms with Gasteiger partial charge in [0, 0.05) is 20.1 Å². The summed E-state index contributed by atoms with van der Waals surface area (Å²) in [6, 6.07) is 25.7. The number of benzene rings is 3. The second-order valence-corrected chi connectivity index (χ2v) is 10.2. The van der Waals surface area contributed by atoms with Crippen molar-refractivity contribution in [3.63, 3.8) is 0 Å². The van der Waals surface area contributed by atoms with Crippen molar-refractivity contribution in [3.8, 4) is 0 Å². The Morgan fingerprint density at radius 3 is 2.09 bits per heavy atom. The number of sulfonamides is 1. The molecule has 3 aromatic carbocycles. The van der Waals surface area contributed by atoms with Gasteiger partial charge in [-0.1, -0.05) is 60.7 Å². The number of carbonyl (C=O) groups is 1. The third-order valence-corrected chi connectivity index (χ3v) is 7.93. The zero-order valence-electron chi connectivity index (χ0n) is 18.2. The van der Waals surface area contributed by atoms with Crippen molar-refractivity contribution in [1.29, 1.82) is 0 Å². The Morgan fingerprint density at radius 2 is 1.44 bits per heavy atom. The van der Waals surface area contributed by atoms with Crippen LogP contribution in [-0.4, -0.2) is 39.4 Å². The van der Waals surface area contributed by atoms with E-state index in [4.69, 9.17) is 0 Å². The van der Waals surface area contributed by atoms with Crippen LogP contribution in [0.2, 0.25) is 0 Å². The minimum absolute atomic E-state index is 0.117. The highest BCUT2D eigenvalue weighted by Gasteiger charge is 2.29. The third-order valence-electron chi connectivity index (χ3n) is 6.14. The molecular weight excluding hydrogens is 420 g/mol. The Hall–Kier alpha value is -3.12. The van der Waals surface area contributed by atoms with Crippen LogP contribution in [0.25, 0.3) is 0 Å². The van der Waals surface area contributed by atoms with Crippen LogP contribution < -0.4 is 4.31 Å². The van der Waals surface area contributed by atoms with Crippen LogP contribution in [0.5, 0.6) is 0 Å². The quantitative estimate of drug-likeness (QED) is 0.553. The number of hydrogen-bond donors (Lipinski definition) is 0. The van der Waals surface area contributed by atoms with Crippen molar-refractivity contribution in [1.82, 2.24) is 4.90 Å². The lowest BCUT2D eigenvalue weighted by Crippen LogP contribution is -2.40. The van der Waals surface area contributed by atoms with Crippen LogP contribution in [0.15, 0.2) is 89.8 Å². The normalized spacial score (nSPS) is 14.8. The Kier molecular flexibility index (Phi) is 6.61. The highest BCUT2D eigenvalue weighted by atomic mass is 32.2. The zero-order chi connectivity index (χ0) is 22.6. The lowest BCUT2D eigenvalue weighted by atomic mass is 9.90. The molecule has 0 atom stereocenters. The van der Waals surface area contributed by atoms with Gasteiger partial charge in [-0.15, -0.1) is 0 Å². The summed E-state index contributed by atoms with van der Waals surface area (Å²) in [5, 5.41) is 0. The molecule has 5 nitrogen and oxygen atoms in total. The average molecular weight is 449 g/mol. The van der Waals surface area contributed by atoms with Crippen LogP contribution in [0.4, 0.5) is 5.69 Å². The molecule has 0 spiro atoms. The molecule has 1 aliphatic heterocycles. The maximum Gasteiger partial charge on any atom is 0.264 e. The summed E-state index contributed by atoms with van der Waals surface area (Å²) in [6.45, 7) is 1.36. The first kappa shape index (κ1) is 22.1. The molecule has 32 heavy (non-hydrogen) atoms. The standard InChI is InChI=1S/C26H28N2O3S/c1-27(32(30,31)23-12-6-3-7-13-23)25-15-9-8-14-24(25)26(29)28-18-16-22(17-19-28)20-21-10-4-2-5-11-21/h2-15,22H,16-20H2,1H3. The molecule has 1 fully saturated rings. The summed E-state index contributed by atoms with van der Waals surface area (Å²) < 4.78 is 27.4. The van der Waals surface area contributed by atoms with Gasteiger partial charge in [0.2, 0.25) is 0 Å². The second kappa shape index (κ2) is 9.57. The molecule has 0 unspecified atom stereocenters. The number of hydrogen-bond acceptors (Lipinski definition) is 3. The number of nitrogens with zero attached hydrogens (tertiary/aromatic N) is 2. The van der Waals surface area contributed by atoms with Gasteiger partial charge in [0.1, 0.15) is 0 Å². The molecule has 4 rings (SSSR count). The van der Waals surface area contributed by atoms with E-state index in [2.05, 4.69) is 24.3 Å². The SMILES string of the molecule is CN(c1ccccc1C(=O)N1CCC(Cc2ccccc2)CC1)S(=O)(=O)c1ccccc1. The molecule has 0 aromatic heterocycles. The van der Waals surface area contributed by atoms with Crippen molar-refractivity contribution in [2.45, 2.75) is 24.2 Å². The minimum atomic E-state index is -3.76. The largest absolute Gasteiger partial charge is 0.339 e. The molecule has 3 aromatic rings. The van der Waals surface area contributed by atoms with E-state index in [-0.39, 0.29) is 10.8 Å². The molecule has 1 heterocycles. The lowest BCUT2D eigenvalue weighted by Gasteiger charge is -2.33. The number of carbonyl (C=O) groups excluding carboxylic acids is 1. The lowest BCUT2D eigenvalue weighted by molar-refractivity contribution is 0.0691. The van der Waals surface area contributed by atoms with Crippen molar-refractivity contribution >= 4 is 21.6 Å². The molecule has 1 saturated heterocycles. The molecule has 0 N–H and O–H groups in total. The van der Waals surface area contributed by atoms with Crippen LogP contribution >= 0.6 is 0 Å². The maximum atomic E-state index is 13.4. The molecular formula is C26H28N2O3S. The van der Waals surface area contributed by atoms with Gasteiger partial charge in [0.05, 0.1) is 16.1 Å². The highest BCUT2D eigenvalue weighted by Crippen LogP contribution is 2.29. The van der Waals surface area contributed by atoms with Crippen molar-refractivity contribution in [2.24, 2.45) is 5.92 Å². The van der Waals surface area contributed by atoms with E-state index in [0.717, 1.165) is 19.3 Å². The van der Waals surface area contributed by atoms with Gasteiger partial charge in [-0.25, -0.2) is 8.42 Å². The van der Waals surface area contributed by atoms with E-state index in [1.165, 1.54) is 16.9 Å². The Morgan fingerprint density at radius 1 is 0.875 bits per heavy atom. The summed E-state index contributed by atoms with van der Waals surface area (Å²) >= 11 is 0. The van der Waals surface area contributed by atoms with Crippen LogP contribution in [0.3, 0.4) is 0 Å². The molecule has 6 heteroatoms. The fraction of sp³-hybridized carbons (Fsp3) is 0.269. The Balaban J connectivity index is 1.49. The number of rotatable bonds is 6. The van der Waals surface area contributed by atoms with Crippen molar-refractivity contribution in [2.75, 3.05) is 24.4 Å². The summed E-state index contributed by atoms with van der Waals surface area (Å²) in [4.78, 5) is 15.4. The number of likely N-dealkylation sites (tertiary alicyclic amines) is 1. The fourth-order valence-electron chi connectivity index (χ4n) is 4.27. The summed E-state index contributed by atoms with van der Waals surface area (Å²) in [6.07, 6.45) is 2.92. The van der Waals surface area contributed by atoms with Crippen molar-refractivity contribution < 1.29 is 13.2 Å². The van der Waals surface area contributed by atoms with Gasteiger partial charge in [-0.2, -0.15) is 0 Å². The molecule has 166 valence electrons. The first-order valence-corrected chi connectivity index (χ1v) is 12.4. The third kappa shape index (κ3) is 4.70. The molecule has 0 aliphatic carbocycles. The van der Waals surface area contributed by atoms with Gasteiger partial charge in [0.15, 0.2) is 0 Å². The van der Waals surface area contributed by atoms with Crippen molar-refractivity contribution in [3.05, 3.63) is 96.1 Å². The summed E-state index contributed by atoms with van der Waals surface area (Å²) in [7, 11) is -2.26. The molecule has 0 radical (unpaired) electrons. The average Bonchev–Trinajstić information content (AvgIpc) is 2.85. The van der Waals surface area contributed by atoms with Gasteiger partial charge in [0.25, 0.3) is 15.9 Å². The van der Waals surface area contributed by atoms with Crippen LogP contribution in [-0.2, 0) is 16.4 Å². The van der Waals surface area contributed by atoms with E-state index < -0.39 is 10.0 Å². The Bertz CT molecular complexity index is 1160. The van der Waals surface area contributed by atoms with Crippen LogP contribution in [0, 0.1) is 5.92 Å². The predicted molar refractivity (Wildman–Crippen MR) is 127 cm³/mol. The van der Waals surface area contributed by atoms with E-state index in [9.17, 15) is 13.2 Å². The minimum Gasteiger partial charge on any atom is -0.339 e. The maximum absolute atomic E-state index is 13.4. The Labute approximate surface area is 190 Å². The molecule has 1 aliphatic rings. The van der Waals surface area contributed by atoms with E-state index in [0.29, 0.717) is 30.3 Å². The first-order valence-electron chi connectivity index (χ1n) is 10.9. The number of amides is 1. The van der Waals surface area contributed by atoms with Gasteiger partial charge < -0.3 is 4.90 Å². The predicted octanol–water partition coefficient (Wildman–Crippen LogP) is 4.61.